The fraction of sp³-hybridized carbons (Fsp3) is 0.250. The van der Waals surface area contributed by atoms with Crippen LogP contribution in [-0.4, -0.2) is 45.0 Å². The Kier molecular flexibility index (Phi) is 6.78. The van der Waals surface area contributed by atoms with Gasteiger partial charge in [-0.25, -0.2) is 5.01 Å². The molecular weight excluding hydrogens is 609 g/mol. The quantitative estimate of drug-likeness (QED) is 0.0982. The topological polar surface area (TPSA) is 127 Å². The Labute approximate surface area is 260 Å². The summed E-state index contributed by atoms with van der Waals surface area (Å²) in [5, 5.41) is 13.0. The lowest BCUT2D eigenvalue weighted by atomic mass is 9.63. The molecule has 1 aliphatic heterocycles. The number of nitro groups is 1. The maximum absolute atomic E-state index is 13.9. The number of nitrogens with zero attached hydrogens (tertiary/aromatic N) is 3. The first-order valence-corrected chi connectivity index (χ1v) is 14.8. The number of amides is 3. The van der Waals surface area contributed by atoms with Crippen molar-refractivity contribution in [3.05, 3.63) is 110 Å². The molecule has 0 aromatic heterocycles. The van der Waals surface area contributed by atoms with Crippen LogP contribution in [0.3, 0.4) is 0 Å². The molecule has 44 heavy (non-hydrogen) atoms. The van der Waals surface area contributed by atoms with E-state index >= 15 is 0 Å². The van der Waals surface area contributed by atoms with E-state index in [0.717, 1.165) is 16.4 Å². The van der Waals surface area contributed by atoms with Gasteiger partial charge in [-0.2, -0.15) is 5.01 Å². The molecule has 0 spiro atoms. The predicted octanol–water partition coefficient (Wildman–Crippen LogP) is 5.99. The standard InChI is InChI=1S/C32H23Cl2N3O7/c33-17-3-10-23(26(34)13-17)30(39)35(36-31(40)28-21-11-12-22(25-14-24(21)25)29(28)32(36)41)15-27(38)16-1-6-19(7-2-16)44-20-8-4-18(5-9-20)37(42)43/h1-13,21-22,24-25,28-29H,14-15H2/t21-,22-,24-,25+,28+,29+/m0/s1. The summed E-state index contributed by atoms with van der Waals surface area (Å²) in [6.45, 7) is -0.590. The number of Topliss-reactive ketones (excluding diaryl/α,β-unsaturated/α-hetero) is 1. The van der Waals surface area contributed by atoms with Crippen LogP contribution < -0.4 is 4.74 Å². The molecular formula is C32H23Cl2N3O7. The molecule has 8 rings (SSSR count). The SMILES string of the molecule is O=C(CN(C(=O)c1ccc(Cl)cc1Cl)N1C(=O)[C@@H]2[C@H]3C=C[C@@H]([C@@H]4C[C@H]34)[C@H]2C1=O)c1ccc(Oc2ccc([N+](=O)[O-])cc2)cc1. The molecule has 1 saturated heterocycles. The number of imide groups is 1. The fourth-order valence-corrected chi connectivity index (χ4v) is 7.41. The van der Waals surface area contributed by atoms with E-state index in [1.807, 2.05) is 12.2 Å². The minimum atomic E-state index is -0.774. The van der Waals surface area contributed by atoms with E-state index in [4.69, 9.17) is 27.9 Å². The lowest BCUT2D eigenvalue weighted by Crippen LogP contribution is -2.52. The van der Waals surface area contributed by atoms with Crippen LogP contribution in [0.2, 0.25) is 10.0 Å². The van der Waals surface area contributed by atoms with Crippen LogP contribution in [0.15, 0.2) is 78.9 Å². The van der Waals surface area contributed by atoms with Gasteiger partial charge in [-0.3, -0.25) is 29.3 Å². The van der Waals surface area contributed by atoms with Crippen LogP contribution in [0.1, 0.15) is 27.1 Å². The van der Waals surface area contributed by atoms with Crippen LogP contribution in [0.5, 0.6) is 11.5 Å². The fourth-order valence-electron chi connectivity index (χ4n) is 6.92. The average molecular weight is 632 g/mol. The number of carbonyl (C=O) groups is 4. The van der Waals surface area contributed by atoms with Crippen LogP contribution >= 0.6 is 23.2 Å². The summed E-state index contributed by atoms with van der Waals surface area (Å²) in [5.41, 5.74) is 0.128. The molecule has 6 atom stereocenters. The number of halogens is 2. The zero-order valence-electron chi connectivity index (χ0n) is 22.8. The van der Waals surface area contributed by atoms with E-state index in [1.165, 1.54) is 66.7 Å². The summed E-state index contributed by atoms with van der Waals surface area (Å²) in [5.74, 6) is -2.06. The molecule has 222 valence electrons. The van der Waals surface area contributed by atoms with Crippen molar-refractivity contribution in [1.82, 2.24) is 10.0 Å². The van der Waals surface area contributed by atoms with Gasteiger partial charge in [0.15, 0.2) is 5.78 Å². The van der Waals surface area contributed by atoms with Crippen molar-refractivity contribution in [2.45, 2.75) is 6.42 Å². The van der Waals surface area contributed by atoms with E-state index in [1.54, 1.807) is 0 Å². The van der Waals surface area contributed by atoms with Crippen LogP contribution in [0.4, 0.5) is 5.69 Å². The zero-order chi connectivity index (χ0) is 30.9. The second kappa shape index (κ2) is 10.6. The predicted molar refractivity (Wildman–Crippen MR) is 158 cm³/mol. The number of ketones is 1. The highest BCUT2D eigenvalue weighted by molar-refractivity contribution is 6.36. The molecule has 3 fully saturated rings. The smallest absolute Gasteiger partial charge is 0.274 e. The highest BCUT2D eigenvalue weighted by atomic mass is 35.5. The number of hydrogen-bond acceptors (Lipinski definition) is 7. The Balaban J connectivity index is 1.15. The largest absolute Gasteiger partial charge is 0.457 e. The monoisotopic (exact) mass is 631 g/mol. The number of carbonyl (C=O) groups excluding carboxylic acids is 4. The first-order valence-electron chi connectivity index (χ1n) is 14.0. The highest BCUT2D eigenvalue weighted by Crippen LogP contribution is 2.65. The van der Waals surface area contributed by atoms with Gasteiger partial charge in [-0.1, -0.05) is 35.4 Å². The van der Waals surface area contributed by atoms with Crippen LogP contribution in [0, 0.1) is 45.6 Å². The van der Waals surface area contributed by atoms with Crippen molar-refractivity contribution in [1.29, 1.82) is 0 Å². The van der Waals surface area contributed by atoms with Crippen molar-refractivity contribution >= 4 is 52.4 Å². The summed E-state index contributed by atoms with van der Waals surface area (Å²) >= 11 is 12.4. The van der Waals surface area contributed by atoms with Gasteiger partial charge < -0.3 is 4.74 Å². The summed E-state index contributed by atoms with van der Waals surface area (Å²) < 4.78 is 5.72. The molecule has 0 unspecified atom stereocenters. The highest BCUT2D eigenvalue weighted by Gasteiger charge is 2.68. The average Bonchev–Trinajstić information content (AvgIpc) is 3.79. The van der Waals surface area contributed by atoms with E-state index < -0.39 is 46.8 Å². The van der Waals surface area contributed by atoms with Gasteiger partial charge in [-0.05, 0) is 84.7 Å². The third-order valence-corrected chi connectivity index (χ3v) is 9.58. The third kappa shape index (κ3) is 4.65. The van der Waals surface area contributed by atoms with Crippen molar-refractivity contribution in [2.75, 3.05) is 6.54 Å². The minimum absolute atomic E-state index is 0.00451. The third-order valence-electron chi connectivity index (χ3n) is 9.03. The molecule has 10 nitrogen and oxygen atoms in total. The number of ether oxygens (including phenoxy) is 1. The molecule has 12 heteroatoms. The maximum Gasteiger partial charge on any atom is 0.274 e. The van der Waals surface area contributed by atoms with E-state index in [2.05, 4.69) is 0 Å². The van der Waals surface area contributed by atoms with Gasteiger partial charge in [-0.15, -0.1) is 0 Å². The molecule has 3 aromatic rings. The molecule has 5 aliphatic rings. The second-order valence-electron chi connectivity index (χ2n) is 11.4. The Morgan fingerprint density at radius 1 is 0.886 bits per heavy atom. The Bertz CT molecular complexity index is 1740. The number of hydrogen-bond donors (Lipinski definition) is 0. The van der Waals surface area contributed by atoms with Crippen molar-refractivity contribution in [3.63, 3.8) is 0 Å². The van der Waals surface area contributed by atoms with Crippen molar-refractivity contribution in [2.24, 2.45) is 35.5 Å². The minimum Gasteiger partial charge on any atom is -0.457 e. The molecule has 0 N–H and O–H groups in total. The summed E-state index contributed by atoms with van der Waals surface area (Å²) in [4.78, 5) is 65.6. The van der Waals surface area contributed by atoms with Gasteiger partial charge in [0.25, 0.3) is 23.4 Å². The van der Waals surface area contributed by atoms with Crippen molar-refractivity contribution in [3.8, 4) is 11.5 Å². The number of hydrazine groups is 1. The van der Waals surface area contributed by atoms with Crippen LogP contribution in [0.25, 0.3) is 0 Å². The normalized spacial score (nSPS) is 25.8. The number of rotatable bonds is 8. The first-order chi connectivity index (χ1) is 21.1. The summed E-state index contributed by atoms with van der Waals surface area (Å²) in [6, 6.07) is 15.8. The van der Waals surface area contributed by atoms with Gasteiger partial charge in [0, 0.05) is 22.7 Å². The number of allylic oxidation sites excluding steroid dienone is 2. The molecule has 2 saturated carbocycles. The summed E-state index contributed by atoms with van der Waals surface area (Å²) in [7, 11) is 0. The van der Waals surface area contributed by atoms with E-state index in [0.29, 0.717) is 28.4 Å². The molecule has 2 bridgehead atoms. The Morgan fingerprint density at radius 2 is 1.45 bits per heavy atom. The number of non-ortho nitro benzene ring substituents is 1. The van der Waals surface area contributed by atoms with Crippen LogP contribution in [-0.2, 0) is 9.59 Å². The Morgan fingerprint density at radius 3 is 2.00 bits per heavy atom. The van der Waals surface area contributed by atoms with E-state index in [-0.39, 0.29) is 33.7 Å². The molecule has 3 aromatic carbocycles. The maximum atomic E-state index is 13.9. The molecule has 1 heterocycles. The van der Waals surface area contributed by atoms with Crippen molar-refractivity contribution < 1.29 is 28.8 Å². The van der Waals surface area contributed by atoms with Gasteiger partial charge in [0.05, 0.1) is 27.3 Å². The first kappa shape index (κ1) is 28.2. The zero-order valence-corrected chi connectivity index (χ0v) is 24.4. The lowest BCUT2D eigenvalue weighted by Gasteiger charge is -2.37. The molecule has 3 amide bonds. The molecule has 0 radical (unpaired) electrons. The number of benzene rings is 3. The second-order valence-corrected chi connectivity index (χ2v) is 12.3. The van der Waals surface area contributed by atoms with E-state index in [9.17, 15) is 29.3 Å². The summed E-state index contributed by atoms with van der Waals surface area (Å²) in [6.07, 6.45) is 5.05. The Hall–Kier alpha value is -4.54. The van der Waals surface area contributed by atoms with Gasteiger partial charge in [0.1, 0.15) is 18.0 Å². The van der Waals surface area contributed by atoms with Gasteiger partial charge >= 0.3 is 0 Å². The number of nitro benzene ring substituents is 1. The van der Waals surface area contributed by atoms with Gasteiger partial charge in [0.2, 0.25) is 0 Å². The lowest BCUT2D eigenvalue weighted by molar-refractivity contribution is -0.384. The molecule has 4 aliphatic carbocycles.